The number of likely N-dealkylation sites (N-methyl/N-ethyl adjacent to an activating group) is 1. The van der Waals surface area contributed by atoms with E-state index in [1.54, 1.807) is 24.8 Å². The van der Waals surface area contributed by atoms with Gasteiger partial charge in [-0.15, -0.1) is 0 Å². The fourth-order valence-corrected chi connectivity index (χ4v) is 3.05. The van der Waals surface area contributed by atoms with Gasteiger partial charge in [-0.3, -0.25) is 0 Å². The quantitative estimate of drug-likeness (QED) is 0.825. The summed E-state index contributed by atoms with van der Waals surface area (Å²) in [4.78, 5) is 15.8. The second-order valence-corrected chi connectivity index (χ2v) is 7.21. The van der Waals surface area contributed by atoms with Gasteiger partial charge in [0.15, 0.2) is 11.6 Å². The predicted molar refractivity (Wildman–Crippen MR) is 93.6 cm³/mol. The molecule has 1 atom stereocenters. The van der Waals surface area contributed by atoms with Gasteiger partial charge >= 0.3 is 6.03 Å². The molecule has 0 spiro atoms. The number of halogens is 2. The molecule has 1 aliphatic rings. The van der Waals surface area contributed by atoms with Crippen molar-refractivity contribution in [2.45, 2.75) is 32.8 Å². The van der Waals surface area contributed by atoms with Gasteiger partial charge in [0, 0.05) is 37.9 Å². The number of hydrogen-bond donors (Lipinski definition) is 2. The van der Waals surface area contributed by atoms with E-state index < -0.39 is 17.2 Å². The molecule has 25 heavy (non-hydrogen) atoms. The van der Waals surface area contributed by atoms with Gasteiger partial charge in [0.1, 0.15) is 0 Å². The number of amides is 2. The summed E-state index contributed by atoms with van der Waals surface area (Å²) >= 11 is 0. The molecular weight excluding hydrogens is 328 g/mol. The molecular formula is C18H27F2N3O2. The number of urea groups is 1. The Bertz CT molecular complexity index is 604. The molecule has 1 aromatic rings. The zero-order valence-electron chi connectivity index (χ0n) is 15.1. The fraction of sp³-hybridized carbons (Fsp3) is 0.611. The second-order valence-electron chi connectivity index (χ2n) is 7.21. The molecule has 1 aromatic carbocycles. The maximum atomic E-state index is 13.4. The Morgan fingerprint density at radius 3 is 2.72 bits per heavy atom. The number of aliphatic hydroxyl groups is 1. The van der Waals surface area contributed by atoms with Crippen LogP contribution in [0.5, 0.6) is 0 Å². The summed E-state index contributed by atoms with van der Waals surface area (Å²) in [5.41, 5.74) is -0.283. The van der Waals surface area contributed by atoms with Crippen molar-refractivity contribution < 1.29 is 18.7 Å². The highest BCUT2D eigenvalue weighted by Gasteiger charge is 2.25. The Balaban J connectivity index is 1.84. The van der Waals surface area contributed by atoms with Crippen molar-refractivity contribution in [2.24, 2.45) is 5.92 Å². The zero-order chi connectivity index (χ0) is 18.6. The van der Waals surface area contributed by atoms with E-state index in [0.717, 1.165) is 19.0 Å². The van der Waals surface area contributed by atoms with Gasteiger partial charge in [0.25, 0.3) is 0 Å². The van der Waals surface area contributed by atoms with Crippen molar-refractivity contribution in [2.75, 3.05) is 37.6 Å². The van der Waals surface area contributed by atoms with Crippen molar-refractivity contribution >= 4 is 11.7 Å². The summed E-state index contributed by atoms with van der Waals surface area (Å²) in [5.74, 6) is -1.45. The average Bonchev–Trinajstić information content (AvgIpc) is 3.01. The molecule has 2 amide bonds. The summed E-state index contributed by atoms with van der Waals surface area (Å²) in [6, 6.07) is 3.71. The van der Waals surface area contributed by atoms with Gasteiger partial charge in [-0.25, -0.2) is 13.6 Å². The number of benzene rings is 1. The highest BCUT2D eigenvalue weighted by Crippen LogP contribution is 2.25. The Morgan fingerprint density at radius 2 is 2.12 bits per heavy atom. The van der Waals surface area contributed by atoms with E-state index in [4.69, 9.17) is 0 Å². The Kier molecular flexibility index (Phi) is 6.21. The van der Waals surface area contributed by atoms with Crippen LogP contribution in [0.1, 0.15) is 27.2 Å². The minimum Gasteiger partial charge on any atom is -0.389 e. The van der Waals surface area contributed by atoms with Crippen LogP contribution in [0, 0.1) is 17.6 Å². The Hall–Kier alpha value is -1.89. The molecule has 7 heteroatoms. The first-order chi connectivity index (χ1) is 11.7. The molecule has 140 valence electrons. The van der Waals surface area contributed by atoms with E-state index in [1.165, 1.54) is 6.07 Å². The first-order valence-electron chi connectivity index (χ1n) is 8.64. The molecule has 0 bridgehead atoms. The van der Waals surface area contributed by atoms with Crippen LogP contribution in [-0.4, -0.2) is 54.4 Å². The highest BCUT2D eigenvalue weighted by atomic mass is 19.2. The van der Waals surface area contributed by atoms with E-state index in [0.29, 0.717) is 25.3 Å². The van der Waals surface area contributed by atoms with Crippen LogP contribution in [-0.2, 0) is 0 Å². The number of anilines is 1. The largest absolute Gasteiger partial charge is 0.389 e. The minimum atomic E-state index is -0.940. The number of nitrogens with zero attached hydrogens (tertiary/aromatic N) is 2. The smallest absolute Gasteiger partial charge is 0.317 e. The maximum Gasteiger partial charge on any atom is 0.317 e. The van der Waals surface area contributed by atoms with Gasteiger partial charge in [-0.05, 0) is 45.2 Å². The lowest BCUT2D eigenvalue weighted by molar-refractivity contribution is 0.0479. The lowest BCUT2D eigenvalue weighted by Gasteiger charge is -2.28. The molecule has 1 unspecified atom stereocenters. The van der Waals surface area contributed by atoms with Crippen LogP contribution in [0.4, 0.5) is 19.3 Å². The second kappa shape index (κ2) is 7.99. The average molecular weight is 355 g/mol. The molecule has 1 fully saturated rings. The molecule has 1 saturated heterocycles. The molecule has 0 radical (unpaired) electrons. The van der Waals surface area contributed by atoms with Crippen LogP contribution in [0.25, 0.3) is 0 Å². The molecule has 0 saturated carbocycles. The van der Waals surface area contributed by atoms with Crippen molar-refractivity contribution in [3.63, 3.8) is 0 Å². The Labute approximate surface area is 147 Å². The van der Waals surface area contributed by atoms with Gasteiger partial charge in [0.2, 0.25) is 0 Å². The molecule has 1 heterocycles. The Morgan fingerprint density at radius 1 is 1.40 bits per heavy atom. The normalized spacial score (nSPS) is 17.7. The number of hydrogen-bond acceptors (Lipinski definition) is 3. The van der Waals surface area contributed by atoms with E-state index in [-0.39, 0.29) is 18.5 Å². The van der Waals surface area contributed by atoms with Crippen molar-refractivity contribution in [1.82, 2.24) is 10.2 Å². The van der Waals surface area contributed by atoms with E-state index in [2.05, 4.69) is 5.32 Å². The summed E-state index contributed by atoms with van der Waals surface area (Å²) in [7, 11) is 0. The van der Waals surface area contributed by atoms with E-state index in [9.17, 15) is 18.7 Å². The standard InChI is InChI=1S/C18H27F2N3O2/c1-4-22(12-18(2,3)25)17(24)21-10-13-7-8-23(11-13)14-5-6-15(19)16(20)9-14/h5-6,9,13,25H,4,7-8,10-12H2,1-3H3,(H,21,24). The van der Waals surface area contributed by atoms with E-state index in [1.807, 2.05) is 11.8 Å². The monoisotopic (exact) mass is 355 g/mol. The molecule has 0 aliphatic carbocycles. The van der Waals surface area contributed by atoms with Crippen LogP contribution < -0.4 is 10.2 Å². The van der Waals surface area contributed by atoms with Crippen LogP contribution in [0.2, 0.25) is 0 Å². The molecule has 1 aliphatic heterocycles. The summed E-state index contributed by atoms with van der Waals surface area (Å²) in [6.07, 6.45) is 0.872. The molecule has 2 N–H and O–H groups in total. The minimum absolute atomic E-state index is 0.198. The van der Waals surface area contributed by atoms with Gasteiger partial charge in [0.05, 0.1) is 12.1 Å². The summed E-state index contributed by atoms with van der Waals surface area (Å²) in [6.45, 7) is 7.92. The topological polar surface area (TPSA) is 55.8 Å². The lowest BCUT2D eigenvalue weighted by Crippen LogP contribution is -2.47. The maximum absolute atomic E-state index is 13.4. The third kappa shape index (κ3) is 5.56. The third-order valence-electron chi connectivity index (χ3n) is 4.34. The first-order valence-corrected chi connectivity index (χ1v) is 8.64. The van der Waals surface area contributed by atoms with Crippen molar-refractivity contribution in [3.05, 3.63) is 29.8 Å². The fourth-order valence-electron chi connectivity index (χ4n) is 3.05. The van der Waals surface area contributed by atoms with Crippen LogP contribution >= 0.6 is 0 Å². The summed E-state index contributed by atoms with van der Waals surface area (Å²) < 4.78 is 26.4. The number of carbonyl (C=O) groups is 1. The first kappa shape index (κ1) is 19.4. The zero-order valence-corrected chi connectivity index (χ0v) is 15.1. The van der Waals surface area contributed by atoms with Crippen molar-refractivity contribution in [3.8, 4) is 0 Å². The van der Waals surface area contributed by atoms with E-state index >= 15 is 0 Å². The number of carbonyl (C=O) groups excluding carboxylic acids is 1. The highest BCUT2D eigenvalue weighted by molar-refractivity contribution is 5.74. The third-order valence-corrected chi connectivity index (χ3v) is 4.34. The lowest BCUT2D eigenvalue weighted by atomic mass is 10.1. The SMILES string of the molecule is CCN(CC(C)(C)O)C(=O)NCC1CCN(c2ccc(F)c(F)c2)C1. The predicted octanol–water partition coefficient (Wildman–Crippen LogP) is 2.59. The van der Waals surface area contributed by atoms with Crippen molar-refractivity contribution in [1.29, 1.82) is 0 Å². The molecule has 5 nitrogen and oxygen atoms in total. The molecule has 2 rings (SSSR count). The van der Waals surface area contributed by atoms with Gasteiger partial charge in [-0.1, -0.05) is 0 Å². The number of rotatable bonds is 6. The van der Waals surface area contributed by atoms with Crippen LogP contribution in [0.15, 0.2) is 18.2 Å². The van der Waals surface area contributed by atoms with Gasteiger partial charge < -0.3 is 20.2 Å². The van der Waals surface area contributed by atoms with Crippen LogP contribution in [0.3, 0.4) is 0 Å². The van der Waals surface area contributed by atoms with Gasteiger partial charge in [-0.2, -0.15) is 0 Å². The molecule has 0 aromatic heterocycles. The number of nitrogens with one attached hydrogen (secondary N) is 1. The summed E-state index contributed by atoms with van der Waals surface area (Å²) in [5, 5.41) is 12.8.